The zero-order valence-electron chi connectivity index (χ0n) is 13.6. The fourth-order valence-corrected chi connectivity index (χ4v) is 4.10. The second-order valence-corrected chi connectivity index (χ2v) is 8.15. The highest BCUT2D eigenvalue weighted by molar-refractivity contribution is 6.32. The lowest BCUT2D eigenvalue weighted by molar-refractivity contribution is 0.143. The first-order chi connectivity index (χ1) is 9.34. The van der Waals surface area contributed by atoms with Gasteiger partial charge in [0.25, 0.3) is 0 Å². The molecule has 0 aromatic rings. The van der Waals surface area contributed by atoms with Crippen LogP contribution in [-0.4, -0.2) is 29.5 Å². The monoisotopic (exact) mass is 322 g/mol. The van der Waals surface area contributed by atoms with Gasteiger partial charge < -0.3 is 5.32 Å². The first-order valence-corrected chi connectivity index (χ1v) is 8.97. The Kier molecular flexibility index (Phi) is 7.62. The lowest BCUT2D eigenvalue weighted by Crippen LogP contribution is -2.62. The summed E-state index contributed by atoms with van der Waals surface area (Å²) in [6.07, 6.45) is 6.73. The van der Waals surface area contributed by atoms with E-state index in [2.05, 4.69) is 38.3 Å². The third-order valence-corrected chi connectivity index (χ3v) is 5.48. The third kappa shape index (κ3) is 5.36. The number of alkyl halides is 2. The van der Waals surface area contributed by atoms with Crippen LogP contribution in [0, 0.1) is 5.41 Å². The van der Waals surface area contributed by atoms with Gasteiger partial charge in [-0.05, 0) is 44.2 Å². The number of rotatable bonds is 8. The van der Waals surface area contributed by atoms with Gasteiger partial charge in [-0.2, -0.15) is 0 Å². The van der Waals surface area contributed by atoms with E-state index in [0.29, 0.717) is 6.04 Å². The Morgan fingerprint density at radius 1 is 1.10 bits per heavy atom. The van der Waals surface area contributed by atoms with E-state index in [1.165, 1.54) is 19.3 Å². The van der Waals surface area contributed by atoms with E-state index in [9.17, 15) is 0 Å². The van der Waals surface area contributed by atoms with Gasteiger partial charge in [-0.25, -0.2) is 0 Å². The van der Waals surface area contributed by atoms with Crippen LogP contribution in [0.3, 0.4) is 0 Å². The molecule has 0 spiro atoms. The summed E-state index contributed by atoms with van der Waals surface area (Å²) in [6.45, 7) is 11.0. The van der Waals surface area contributed by atoms with Gasteiger partial charge in [0.05, 0.1) is 5.38 Å². The molecule has 2 N–H and O–H groups in total. The van der Waals surface area contributed by atoms with E-state index in [1.54, 1.807) is 0 Å². The Bertz CT molecular complexity index is 284. The van der Waals surface area contributed by atoms with E-state index >= 15 is 0 Å². The van der Waals surface area contributed by atoms with Crippen molar-refractivity contribution in [3.05, 3.63) is 0 Å². The lowest BCUT2D eigenvalue weighted by atomic mass is 9.72. The maximum absolute atomic E-state index is 6.87. The van der Waals surface area contributed by atoms with Crippen molar-refractivity contribution in [1.82, 2.24) is 10.6 Å². The first-order valence-electron chi connectivity index (χ1n) is 8.16. The Morgan fingerprint density at radius 3 is 2.30 bits per heavy atom. The van der Waals surface area contributed by atoms with E-state index in [1.807, 2.05) is 0 Å². The summed E-state index contributed by atoms with van der Waals surface area (Å²) < 4.78 is 0. The molecular formula is C16H32Cl2N2. The van der Waals surface area contributed by atoms with Gasteiger partial charge in [0.1, 0.15) is 5.00 Å². The summed E-state index contributed by atoms with van der Waals surface area (Å²) in [5.41, 5.74) is 0.218. The summed E-state index contributed by atoms with van der Waals surface area (Å²) in [5, 5.41) is 7.07. The molecule has 1 aliphatic carbocycles. The van der Waals surface area contributed by atoms with Crippen LogP contribution in [0.15, 0.2) is 0 Å². The quantitative estimate of drug-likeness (QED) is 0.390. The molecule has 0 aliphatic heterocycles. The Morgan fingerprint density at radius 2 is 1.70 bits per heavy atom. The molecule has 0 aromatic heterocycles. The molecule has 0 amide bonds. The van der Waals surface area contributed by atoms with Crippen LogP contribution in [-0.2, 0) is 0 Å². The molecule has 1 fully saturated rings. The third-order valence-electron chi connectivity index (χ3n) is 4.18. The molecule has 1 saturated carbocycles. The largest absolute Gasteiger partial charge is 0.312 e. The topological polar surface area (TPSA) is 24.1 Å². The number of hydrogen-bond acceptors (Lipinski definition) is 2. The standard InChI is InChI=1S/C16H32Cl2N2/c1-5-7-9-19-13-11-15(3,4)12-16(18,14(13)17)20-10-8-6-2/h13-14,19-20H,5-12H2,1-4H3. The first kappa shape index (κ1) is 18.5. The molecule has 0 aromatic carbocycles. The molecule has 2 nitrogen and oxygen atoms in total. The van der Waals surface area contributed by atoms with E-state index < -0.39 is 5.00 Å². The molecule has 1 aliphatic rings. The number of unbranched alkanes of at least 4 members (excludes halogenated alkanes) is 2. The van der Waals surface area contributed by atoms with Crippen LogP contribution in [0.2, 0.25) is 0 Å². The lowest BCUT2D eigenvalue weighted by Gasteiger charge is -2.49. The summed E-state index contributed by atoms with van der Waals surface area (Å²) in [6, 6.07) is 0.290. The molecule has 0 bridgehead atoms. The van der Waals surface area contributed by atoms with Gasteiger partial charge in [-0.15, -0.1) is 23.2 Å². The van der Waals surface area contributed by atoms with Crippen LogP contribution in [0.4, 0.5) is 0 Å². The molecule has 0 saturated heterocycles. The minimum absolute atomic E-state index is 0.0640. The summed E-state index contributed by atoms with van der Waals surface area (Å²) in [7, 11) is 0. The van der Waals surface area contributed by atoms with Gasteiger partial charge in [0.2, 0.25) is 0 Å². The number of hydrogen-bond donors (Lipinski definition) is 2. The molecule has 20 heavy (non-hydrogen) atoms. The molecular weight excluding hydrogens is 291 g/mol. The smallest absolute Gasteiger partial charge is 0.112 e. The highest BCUT2D eigenvalue weighted by Gasteiger charge is 2.49. The van der Waals surface area contributed by atoms with Crippen molar-refractivity contribution >= 4 is 23.2 Å². The van der Waals surface area contributed by atoms with Crippen LogP contribution in [0.1, 0.15) is 66.2 Å². The van der Waals surface area contributed by atoms with Crippen molar-refractivity contribution in [1.29, 1.82) is 0 Å². The molecule has 3 unspecified atom stereocenters. The van der Waals surface area contributed by atoms with E-state index in [4.69, 9.17) is 23.2 Å². The molecule has 0 radical (unpaired) electrons. The van der Waals surface area contributed by atoms with Crippen LogP contribution < -0.4 is 10.6 Å². The predicted octanol–water partition coefficient (Wildman–Crippen LogP) is 4.50. The fourth-order valence-electron chi connectivity index (χ4n) is 3.16. The normalized spacial score (nSPS) is 33.3. The minimum Gasteiger partial charge on any atom is -0.312 e. The Hall–Kier alpha value is 0.500. The van der Waals surface area contributed by atoms with Crippen LogP contribution in [0.25, 0.3) is 0 Å². The summed E-state index contributed by atoms with van der Waals surface area (Å²) in [5.74, 6) is 0. The fraction of sp³-hybridized carbons (Fsp3) is 1.00. The van der Waals surface area contributed by atoms with Crippen LogP contribution in [0.5, 0.6) is 0 Å². The average Bonchev–Trinajstić information content (AvgIpc) is 2.35. The highest BCUT2D eigenvalue weighted by Crippen LogP contribution is 2.45. The Labute approximate surface area is 135 Å². The van der Waals surface area contributed by atoms with Crippen molar-refractivity contribution in [2.45, 2.75) is 82.6 Å². The zero-order valence-corrected chi connectivity index (χ0v) is 15.1. The highest BCUT2D eigenvalue weighted by atomic mass is 35.5. The molecule has 120 valence electrons. The molecule has 1 rings (SSSR count). The van der Waals surface area contributed by atoms with Gasteiger partial charge in [0, 0.05) is 6.04 Å². The zero-order chi connectivity index (χ0) is 15.2. The summed E-state index contributed by atoms with van der Waals surface area (Å²) in [4.78, 5) is -0.484. The number of halogens is 2. The van der Waals surface area contributed by atoms with Gasteiger partial charge in [-0.1, -0.05) is 40.5 Å². The maximum atomic E-state index is 6.87. The van der Waals surface area contributed by atoms with Crippen LogP contribution >= 0.6 is 23.2 Å². The van der Waals surface area contributed by atoms with Crippen molar-refractivity contribution in [2.75, 3.05) is 13.1 Å². The molecule has 0 heterocycles. The van der Waals surface area contributed by atoms with Gasteiger partial charge in [0.15, 0.2) is 0 Å². The van der Waals surface area contributed by atoms with Gasteiger partial charge >= 0.3 is 0 Å². The second-order valence-electron chi connectivity index (χ2n) is 7.00. The molecule has 3 atom stereocenters. The van der Waals surface area contributed by atoms with Crippen molar-refractivity contribution in [2.24, 2.45) is 5.41 Å². The van der Waals surface area contributed by atoms with Gasteiger partial charge in [-0.3, -0.25) is 5.32 Å². The van der Waals surface area contributed by atoms with Crippen molar-refractivity contribution < 1.29 is 0 Å². The van der Waals surface area contributed by atoms with Crippen molar-refractivity contribution in [3.8, 4) is 0 Å². The molecule has 4 heteroatoms. The average molecular weight is 323 g/mol. The second kappa shape index (κ2) is 8.22. The number of nitrogens with one attached hydrogen (secondary N) is 2. The predicted molar refractivity (Wildman–Crippen MR) is 90.8 cm³/mol. The van der Waals surface area contributed by atoms with Crippen molar-refractivity contribution in [3.63, 3.8) is 0 Å². The minimum atomic E-state index is -0.484. The maximum Gasteiger partial charge on any atom is 0.112 e. The summed E-state index contributed by atoms with van der Waals surface area (Å²) >= 11 is 13.6. The van der Waals surface area contributed by atoms with E-state index in [-0.39, 0.29) is 10.8 Å². The Balaban J connectivity index is 2.67. The SMILES string of the molecule is CCCCNC1CC(C)(C)CC(Cl)(NCCCC)C1Cl. The van der Waals surface area contributed by atoms with E-state index in [0.717, 1.165) is 32.4 Å².